The minimum absolute atomic E-state index is 1.22. The zero-order valence-corrected chi connectivity index (χ0v) is 22.6. The Bertz CT molecular complexity index is 672. The molecular weight excluding hydrogens is 398 g/mol. The third kappa shape index (κ3) is 10.3. The molecule has 1 nitrogen and oxygen atoms in total. The van der Waals surface area contributed by atoms with E-state index in [9.17, 15) is 0 Å². The van der Waals surface area contributed by atoms with Gasteiger partial charge in [-0.05, 0) is 43.7 Å². The molecule has 1 heteroatoms. The largest absolute Gasteiger partial charge is 0.344 e. The summed E-state index contributed by atoms with van der Waals surface area (Å²) in [4.78, 5) is 0. The Labute approximate surface area is 206 Å². The normalized spacial score (nSPS) is 11.6. The second-order valence-electron chi connectivity index (χ2n) is 10.4. The maximum absolute atomic E-state index is 2.74. The zero-order chi connectivity index (χ0) is 23.6. The van der Waals surface area contributed by atoms with E-state index in [0.717, 1.165) is 0 Å². The molecule has 33 heavy (non-hydrogen) atoms. The molecule has 1 aromatic carbocycles. The van der Waals surface area contributed by atoms with E-state index in [0.29, 0.717) is 0 Å². The van der Waals surface area contributed by atoms with Crippen LogP contribution in [0.4, 0.5) is 0 Å². The first-order valence-electron chi connectivity index (χ1n) is 14.9. The zero-order valence-electron chi connectivity index (χ0n) is 22.6. The minimum Gasteiger partial charge on any atom is -0.344 e. The van der Waals surface area contributed by atoms with Gasteiger partial charge < -0.3 is 4.57 Å². The van der Waals surface area contributed by atoms with Crippen molar-refractivity contribution in [2.45, 2.75) is 156 Å². The molecule has 0 unspecified atom stereocenters. The van der Waals surface area contributed by atoms with Crippen molar-refractivity contribution in [2.24, 2.45) is 0 Å². The standard InChI is InChI=1S/C32H55N/c1-4-7-10-13-16-19-24-29-30-25-21-22-27-32(30)33(28-23-18-15-12-9-6-3)31(29)26-20-17-14-11-8-5-2/h21-22,25,27H,4-20,23-24,26,28H2,1-3H3. The number of unbranched alkanes of at least 4 members (excludes halogenated alkanes) is 15. The van der Waals surface area contributed by atoms with Gasteiger partial charge >= 0.3 is 0 Å². The van der Waals surface area contributed by atoms with Crippen LogP contribution in [0.3, 0.4) is 0 Å². The van der Waals surface area contributed by atoms with Crippen LogP contribution in [0.25, 0.3) is 10.9 Å². The molecule has 0 saturated carbocycles. The second kappa shape index (κ2) is 18.1. The molecule has 2 aromatic rings. The van der Waals surface area contributed by atoms with Crippen LogP contribution in [-0.4, -0.2) is 4.57 Å². The molecular formula is C32H55N. The average molecular weight is 454 g/mol. The van der Waals surface area contributed by atoms with Crippen molar-refractivity contribution in [2.75, 3.05) is 0 Å². The number of fused-ring (bicyclic) bond motifs is 1. The van der Waals surface area contributed by atoms with Crippen molar-refractivity contribution in [3.63, 3.8) is 0 Å². The lowest BCUT2D eigenvalue weighted by molar-refractivity contribution is 0.545. The van der Waals surface area contributed by atoms with Crippen molar-refractivity contribution >= 4 is 10.9 Å². The topological polar surface area (TPSA) is 4.93 Å². The quantitative estimate of drug-likeness (QED) is 0.166. The number of hydrogen-bond donors (Lipinski definition) is 0. The fraction of sp³-hybridized carbons (Fsp3) is 0.750. The van der Waals surface area contributed by atoms with Crippen LogP contribution in [0.5, 0.6) is 0 Å². The van der Waals surface area contributed by atoms with Crippen molar-refractivity contribution in [1.29, 1.82) is 0 Å². The monoisotopic (exact) mass is 453 g/mol. The third-order valence-corrected chi connectivity index (χ3v) is 7.48. The van der Waals surface area contributed by atoms with Crippen molar-refractivity contribution < 1.29 is 0 Å². The van der Waals surface area contributed by atoms with Gasteiger partial charge in [-0.15, -0.1) is 0 Å². The first-order valence-corrected chi connectivity index (χ1v) is 14.9. The maximum Gasteiger partial charge on any atom is 0.0485 e. The highest BCUT2D eigenvalue weighted by Gasteiger charge is 2.16. The summed E-state index contributed by atoms with van der Waals surface area (Å²) in [5, 5.41) is 1.55. The Hall–Kier alpha value is -1.24. The Kier molecular flexibility index (Phi) is 15.4. The van der Waals surface area contributed by atoms with E-state index in [1.54, 1.807) is 16.6 Å². The lowest BCUT2D eigenvalue weighted by Crippen LogP contribution is -2.06. The van der Waals surface area contributed by atoms with Crippen molar-refractivity contribution in [1.82, 2.24) is 4.57 Å². The summed E-state index contributed by atoms with van der Waals surface area (Å²) in [6.07, 6.45) is 27.5. The molecule has 0 aliphatic carbocycles. The van der Waals surface area contributed by atoms with Gasteiger partial charge in [-0.1, -0.05) is 135 Å². The van der Waals surface area contributed by atoms with E-state index in [-0.39, 0.29) is 0 Å². The number of nitrogens with zero attached hydrogens (tertiary/aromatic N) is 1. The summed E-state index contributed by atoms with van der Waals surface area (Å²) in [6.45, 7) is 8.16. The lowest BCUT2D eigenvalue weighted by Gasteiger charge is -2.13. The second-order valence-corrected chi connectivity index (χ2v) is 10.4. The molecule has 0 amide bonds. The molecule has 0 fully saturated rings. The van der Waals surface area contributed by atoms with Crippen LogP contribution in [-0.2, 0) is 19.4 Å². The molecule has 0 spiro atoms. The van der Waals surface area contributed by atoms with Crippen LogP contribution >= 0.6 is 0 Å². The summed E-state index contributed by atoms with van der Waals surface area (Å²) in [7, 11) is 0. The number of aryl methyl sites for hydroxylation is 2. The van der Waals surface area contributed by atoms with Crippen LogP contribution in [0.15, 0.2) is 24.3 Å². The summed E-state index contributed by atoms with van der Waals surface area (Å²) in [5.41, 5.74) is 4.89. The Morgan fingerprint density at radius 1 is 0.515 bits per heavy atom. The summed E-state index contributed by atoms with van der Waals surface area (Å²) in [6, 6.07) is 9.31. The van der Waals surface area contributed by atoms with Gasteiger partial charge in [-0.2, -0.15) is 0 Å². The number of rotatable bonds is 21. The number of aromatic nitrogens is 1. The molecule has 0 aliphatic heterocycles. The Balaban J connectivity index is 2.07. The van der Waals surface area contributed by atoms with Gasteiger partial charge in [0.05, 0.1) is 0 Å². The molecule has 0 N–H and O–H groups in total. The van der Waals surface area contributed by atoms with Gasteiger partial charge in [0, 0.05) is 23.1 Å². The smallest absolute Gasteiger partial charge is 0.0485 e. The fourth-order valence-corrected chi connectivity index (χ4v) is 5.45. The predicted molar refractivity (Wildman–Crippen MR) is 149 cm³/mol. The predicted octanol–water partition coefficient (Wildman–Crippen LogP) is 10.8. The SMILES string of the molecule is CCCCCCCCc1c(CCCCCCCC)n(CCCCCCCC)c2ccccc12. The van der Waals surface area contributed by atoms with E-state index in [4.69, 9.17) is 0 Å². The average Bonchev–Trinajstić information content (AvgIpc) is 3.13. The highest BCUT2D eigenvalue weighted by atomic mass is 15.0. The third-order valence-electron chi connectivity index (χ3n) is 7.48. The fourth-order valence-electron chi connectivity index (χ4n) is 5.45. The Morgan fingerprint density at radius 3 is 1.61 bits per heavy atom. The molecule has 1 heterocycles. The summed E-state index contributed by atoms with van der Waals surface area (Å²) >= 11 is 0. The van der Waals surface area contributed by atoms with E-state index >= 15 is 0 Å². The lowest BCUT2D eigenvalue weighted by atomic mass is 9.99. The van der Waals surface area contributed by atoms with Crippen LogP contribution in [0.2, 0.25) is 0 Å². The van der Waals surface area contributed by atoms with E-state index < -0.39 is 0 Å². The number of hydrogen-bond acceptors (Lipinski definition) is 0. The van der Waals surface area contributed by atoms with Gasteiger partial charge in [0.1, 0.15) is 0 Å². The summed E-state index contributed by atoms with van der Waals surface area (Å²) < 4.78 is 2.74. The molecule has 0 radical (unpaired) electrons. The number of benzene rings is 1. The Morgan fingerprint density at radius 2 is 1.00 bits per heavy atom. The highest BCUT2D eigenvalue weighted by Crippen LogP contribution is 2.30. The minimum atomic E-state index is 1.22. The van der Waals surface area contributed by atoms with Gasteiger partial charge in [0.25, 0.3) is 0 Å². The molecule has 0 atom stereocenters. The van der Waals surface area contributed by atoms with E-state index in [1.165, 1.54) is 140 Å². The molecule has 0 aliphatic rings. The molecule has 188 valence electrons. The van der Waals surface area contributed by atoms with Crippen molar-refractivity contribution in [3.05, 3.63) is 35.5 Å². The van der Waals surface area contributed by atoms with Crippen LogP contribution < -0.4 is 0 Å². The van der Waals surface area contributed by atoms with Gasteiger partial charge in [0.15, 0.2) is 0 Å². The number of para-hydroxylation sites is 1. The van der Waals surface area contributed by atoms with Crippen LogP contribution in [0, 0.1) is 0 Å². The van der Waals surface area contributed by atoms with Crippen LogP contribution in [0.1, 0.15) is 148 Å². The van der Waals surface area contributed by atoms with Gasteiger partial charge in [-0.25, -0.2) is 0 Å². The first-order chi connectivity index (χ1) is 16.3. The van der Waals surface area contributed by atoms with Gasteiger partial charge in [0.2, 0.25) is 0 Å². The maximum atomic E-state index is 2.74. The highest BCUT2D eigenvalue weighted by molar-refractivity contribution is 5.85. The van der Waals surface area contributed by atoms with Crippen molar-refractivity contribution in [3.8, 4) is 0 Å². The van der Waals surface area contributed by atoms with E-state index in [2.05, 4.69) is 49.6 Å². The molecule has 1 aromatic heterocycles. The van der Waals surface area contributed by atoms with Gasteiger partial charge in [-0.3, -0.25) is 0 Å². The summed E-state index contributed by atoms with van der Waals surface area (Å²) in [5.74, 6) is 0. The first kappa shape index (κ1) is 28.0. The van der Waals surface area contributed by atoms with E-state index in [1.807, 2.05) is 0 Å². The molecule has 0 bridgehead atoms. The molecule has 0 saturated heterocycles. The molecule has 2 rings (SSSR count).